The number of hydrogen-bond donors (Lipinski definition) is 1. The van der Waals surface area contributed by atoms with Crippen LogP contribution in [0.2, 0.25) is 0 Å². The zero-order valence-corrected chi connectivity index (χ0v) is 12.3. The molecule has 1 atom stereocenters. The number of aliphatic hydroxyl groups is 1. The van der Waals surface area contributed by atoms with Crippen LogP contribution in [0.1, 0.15) is 61.8 Å². The predicted octanol–water partition coefficient (Wildman–Crippen LogP) is 2.40. The van der Waals surface area contributed by atoms with Gasteiger partial charge in [-0.15, -0.1) is 0 Å². The molecular formula is C15H24N2O2. The third kappa shape index (κ3) is 2.59. The van der Waals surface area contributed by atoms with E-state index in [2.05, 4.69) is 32.8 Å². The Balaban J connectivity index is 2.47. The van der Waals surface area contributed by atoms with Crippen molar-refractivity contribution in [3.63, 3.8) is 0 Å². The fourth-order valence-corrected chi connectivity index (χ4v) is 2.84. The zero-order chi connectivity index (χ0) is 14.2. The third-order valence-electron chi connectivity index (χ3n) is 4.07. The highest BCUT2D eigenvalue weighted by Crippen LogP contribution is 2.34. The van der Waals surface area contributed by atoms with Crippen LogP contribution in [-0.2, 0) is 13.0 Å². The molecule has 0 radical (unpaired) electrons. The van der Waals surface area contributed by atoms with Crippen LogP contribution < -0.4 is 0 Å². The third-order valence-corrected chi connectivity index (χ3v) is 4.07. The van der Waals surface area contributed by atoms with Gasteiger partial charge in [0.05, 0.1) is 24.4 Å². The van der Waals surface area contributed by atoms with Gasteiger partial charge in [0.1, 0.15) is 0 Å². The fourth-order valence-electron chi connectivity index (χ4n) is 2.84. The molecule has 0 amide bonds. The average molecular weight is 264 g/mol. The molecule has 0 aromatic carbocycles. The number of carbonyl (C=O) groups is 1. The average Bonchev–Trinajstić information content (AvgIpc) is 2.69. The molecule has 1 aromatic rings. The number of Topliss-reactive ketones (excluding diaryl/α,β-unsaturated/α-hetero) is 1. The number of hydrogen-bond acceptors (Lipinski definition) is 3. The highest BCUT2D eigenvalue weighted by atomic mass is 16.3. The zero-order valence-electron chi connectivity index (χ0n) is 12.3. The maximum Gasteiger partial charge on any atom is 0.166 e. The van der Waals surface area contributed by atoms with Crippen molar-refractivity contribution in [3.8, 4) is 0 Å². The Kier molecular flexibility index (Phi) is 4.09. The second kappa shape index (κ2) is 5.45. The maximum atomic E-state index is 12.4. The fraction of sp³-hybridized carbons (Fsp3) is 0.733. The van der Waals surface area contributed by atoms with Crippen LogP contribution >= 0.6 is 0 Å². The molecule has 2 rings (SSSR count). The molecule has 0 saturated heterocycles. The van der Waals surface area contributed by atoms with Crippen LogP contribution in [0.25, 0.3) is 0 Å². The first kappa shape index (κ1) is 14.3. The van der Waals surface area contributed by atoms with Gasteiger partial charge in [0.2, 0.25) is 0 Å². The molecule has 0 bridgehead atoms. The van der Waals surface area contributed by atoms with Gasteiger partial charge >= 0.3 is 0 Å². The van der Waals surface area contributed by atoms with E-state index in [1.54, 1.807) is 0 Å². The van der Waals surface area contributed by atoms with E-state index in [4.69, 9.17) is 5.11 Å². The summed E-state index contributed by atoms with van der Waals surface area (Å²) >= 11 is 0. The van der Waals surface area contributed by atoms with E-state index in [1.807, 2.05) is 4.68 Å². The Morgan fingerprint density at radius 1 is 1.32 bits per heavy atom. The highest BCUT2D eigenvalue weighted by molar-refractivity contribution is 5.99. The van der Waals surface area contributed by atoms with Gasteiger partial charge in [-0.25, -0.2) is 0 Å². The topological polar surface area (TPSA) is 55.1 Å². The number of fused-ring (bicyclic) bond motifs is 1. The Morgan fingerprint density at radius 3 is 2.53 bits per heavy atom. The number of aromatic nitrogens is 2. The van der Waals surface area contributed by atoms with E-state index in [1.165, 1.54) is 0 Å². The van der Waals surface area contributed by atoms with Gasteiger partial charge in [-0.05, 0) is 24.2 Å². The van der Waals surface area contributed by atoms with E-state index in [0.29, 0.717) is 24.8 Å². The summed E-state index contributed by atoms with van der Waals surface area (Å²) < 4.78 is 1.84. The number of rotatable bonds is 4. The maximum absolute atomic E-state index is 12.4. The van der Waals surface area contributed by atoms with Crippen LogP contribution in [0.3, 0.4) is 0 Å². The Morgan fingerprint density at radius 2 is 2.00 bits per heavy atom. The first-order chi connectivity index (χ1) is 8.95. The number of nitrogens with zero attached hydrogens (tertiary/aromatic N) is 2. The summed E-state index contributed by atoms with van der Waals surface area (Å²) in [7, 11) is 0. The molecule has 1 unspecified atom stereocenters. The summed E-state index contributed by atoms with van der Waals surface area (Å²) in [4.78, 5) is 12.4. The predicted molar refractivity (Wildman–Crippen MR) is 74.4 cm³/mol. The normalized spacial score (nSPS) is 19.3. The molecular weight excluding hydrogens is 240 g/mol. The highest BCUT2D eigenvalue weighted by Gasteiger charge is 2.33. The second-order valence-corrected chi connectivity index (χ2v) is 6.14. The van der Waals surface area contributed by atoms with Gasteiger partial charge in [-0.3, -0.25) is 9.48 Å². The monoisotopic (exact) mass is 264 g/mol. The van der Waals surface area contributed by atoms with Gasteiger partial charge < -0.3 is 5.11 Å². The Labute approximate surface area is 114 Å². The van der Waals surface area contributed by atoms with Crippen molar-refractivity contribution in [2.24, 2.45) is 11.8 Å². The molecule has 1 aromatic heterocycles. The van der Waals surface area contributed by atoms with Gasteiger partial charge in [-0.1, -0.05) is 27.7 Å². The molecule has 0 spiro atoms. The van der Waals surface area contributed by atoms with Crippen molar-refractivity contribution in [2.75, 3.05) is 6.61 Å². The lowest BCUT2D eigenvalue weighted by Crippen LogP contribution is -2.26. The van der Waals surface area contributed by atoms with Gasteiger partial charge in [0, 0.05) is 12.1 Å². The van der Waals surface area contributed by atoms with E-state index in [9.17, 15) is 4.79 Å². The lowest BCUT2D eigenvalue weighted by molar-refractivity contribution is 0.0929. The van der Waals surface area contributed by atoms with Crippen LogP contribution in [0, 0.1) is 11.8 Å². The van der Waals surface area contributed by atoms with Crippen LogP contribution in [-0.4, -0.2) is 27.3 Å². The van der Waals surface area contributed by atoms with E-state index in [-0.39, 0.29) is 18.3 Å². The molecule has 0 saturated carbocycles. The molecule has 1 aliphatic carbocycles. The van der Waals surface area contributed by atoms with Gasteiger partial charge in [0.15, 0.2) is 5.78 Å². The quantitative estimate of drug-likeness (QED) is 0.908. The summed E-state index contributed by atoms with van der Waals surface area (Å²) in [6.45, 7) is 9.00. The van der Waals surface area contributed by atoms with Crippen molar-refractivity contribution in [3.05, 3.63) is 17.0 Å². The molecule has 19 heavy (non-hydrogen) atoms. The Bertz CT molecular complexity index is 475. The number of carbonyl (C=O) groups excluding carboxylic acids is 1. The van der Waals surface area contributed by atoms with E-state index in [0.717, 1.165) is 23.4 Å². The SMILES string of the molecule is CC(C)c1nn(CCO)c2c1C(=O)CC(C(C)C)C2. The van der Waals surface area contributed by atoms with Crippen molar-refractivity contribution < 1.29 is 9.90 Å². The van der Waals surface area contributed by atoms with Gasteiger partial charge in [-0.2, -0.15) is 5.10 Å². The van der Waals surface area contributed by atoms with E-state index >= 15 is 0 Å². The summed E-state index contributed by atoms with van der Waals surface area (Å²) in [5, 5.41) is 13.7. The molecule has 0 aliphatic heterocycles. The Hall–Kier alpha value is -1.16. The van der Waals surface area contributed by atoms with Gasteiger partial charge in [0.25, 0.3) is 0 Å². The minimum atomic E-state index is 0.0617. The van der Waals surface area contributed by atoms with Crippen LogP contribution in [0.4, 0.5) is 0 Å². The second-order valence-electron chi connectivity index (χ2n) is 6.14. The standard InChI is InChI=1S/C15H24N2O2/c1-9(2)11-7-12-14(13(19)8-11)15(10(3)4)16-17(12)5-6-18/h9-11,18H,5-8H2,1-4H3. The molecule has 106 valence electrons. The van der Waals surface area contributed by atoms with Crippen molar-refractivity contribution in [1.29, 1.82) is 0 Å². The first-order valence-corrected chi connectivity index (χ1v) is 7.19. The summed E-state index contributed by atoms with van der Waals surface area (Å²) in [5.74, 6) is 1.37. The lowest BCUT2D eigenvalue weighted by atomic mass is 9.79. The van der Waals surface area contributed by atoms with Crippen molar-refractivity contribution >= 4 is 5.78 Å². The summed E-state index contributed by atoms with van der Waals surface area (Å²) in [6, 6.07) is 0. The summed E-state index contributed by atoms with van der Waals surface area (Å²) in [5.41, 5.74) is 2.77. The minimum absolute atomic E-state index is 0.0617. The molecule has 4 nitrogen and oxygen atoms in total. The molecule has 1 aliphatic rings. The molecule has 4 heteroatoms. The molecule has 1 heterocycles. The number of aliphatic hydroxyl groups excluding tert-OH is 1. The van der Waals surface area contributed by atoms with Crippen LogP contribution in [0.5, 0.6) is 0 Å². The lowest BCUT2D eigenvalue weighted by Gasteiger charge is -2.25. The van der Waals surface area contributed by atoms with Crippen LogP contribution in [0.15, 0.2) is 0 Å². The van der Waals surface area contributed by atoms with Crippen molar-refractivity contribution in [2.45, 2.75) is 53.0 Å². The smallest absolute Gasteiger partial charge is 0.166 e. The number of ketones is 1. The molecule has 1 N–H and O–H groups in total. The first-order valence-electron chi connectivity index (χ1n) is 7.19. The van der Waals surface area contributed by atoms with Crippen molar-refractivity contribution in [1.82, 2.24) is 9.78 Å². The summed E-state index contributed by atoms with van der Waals surface area (Å²) in [6.07, 6.45) is 1.54. The minimum Gasteiger partial charge on any atom is -0.394 e. The largest absolute Gasteiger partial charge is 0.394 e. The van der Waals surface area contributed by atoms with E-state index < -0.39 is 0 Å². The molecule has 0 fully saturated rings.